The zero-order valence-electron chi connectivity index (χ0n) is 12.6. The zero-order chi connectivity index (χ0) is 14.1. The van der Waals surface area contributed by atoms with E-state index in [-0.39, 0.29) is 12.4 Å². The SMILES string of the molecule is CCCO[Si](C)(OCCC)OC(CC)OCC1CO1. The summed E-state index contributed by atoms with van der Waals surface area (Å²) in [4.78, 5) is 0. The van der Waals surface area contributed by atoms with Gasteiger partial charge in [-0.25, -0.2) is 0 Å². The maximum atomic E-state index is 5.99. The van der Waals surface area contributed by atoms with Gasteiger partial charge in [-0.05, 0) is 19.3 Å². The molecule has 1 saturated heterocycles. The van der Waals surface area contributed by atoms with Crippen LogP contribution in [0.3, 0.4) is 0 Å². The lowest BCUT2D eigenvalue weighted by Crippen LogP contribution is -2.46. The van der Waals surface area contributed by atoms with Crippen molar-refractivity contribution in [2.75, 3.05) is 26.4 Å². The second kappa shape index (κ2) is 9.04. The molecule has 1 aliphatic heterocycles. The highest BCUT2D eigenvalue weighted by Crippen LogP contribution is 2.18. The van der Waals surface area contributed by atoms with Gasteiger partial charge in [0.15, 0.2) is 6.29 Å². The molecule has 19 heavy (non-hydrogen) atoms. The molecule has 0 aromatic carbocycles. The standard InChI is InChI=1S/C13H28O5Si/c1-5-8-16-19(4,17-9-6-2)18-13(7-3)15-11-12-10-14-12/h12-13H,5-11H2,1-4H3. The molecule has 1 fully saturated rings. The van der Waals surface area contributed by atoms with Gasteiger partial charge < -0.3 is 22.8 Å². The molecular weight excluding hydrogens is 264 g/mol. The van der Waals surface area contributed by atoms with E-state index in [0.29, 0.717) is 19.8 Å². The van der Waals surface area contributed by atoms with Crippen LogP contribution in [0.15, 0.2) is 0 Å². The van der Waals surface area contributed by atoms with Crippen molar-refractivity contribution in [2.45, 2.75) is 59.0 Å². The minimum atomic E-state index is -2.59. The Morgan fingerprint density at radius 1 is 1.16 bits per heavy atom. The number of hydrogen-bond acceptors (Lipinski definition) is 5. The fourth-order valence-corrected chi connectivity index (χ4v) is 3.62. The number of rotatable bonds is 12. The molecule has 0 saturated carbocycles. The third kappa shape index (κ3) is 7.39. The van der Waals surface area contributed by atoms with Crippen molar-refractivity contribution in [2.24, 2.45) is 0 Å². The van der Waals surface area contributed by atoms with Gasteiger partial charge in [0.25, 0.3) is 0 Å². The third-order valence-corrected chi connectivity index (χ3v) is 4.83. The average molecular weight is 292 g/mol. The lowest BCUT2D eigenvalue weighted by atomic mass is 10.4. The molecule has 1 aliphatic rings. The van der Waals surface area contributed by atoms with Gasteiger partial charge in [-0.2, -0.15) is 0 Å². The fourth-order valence-electron chi connectivity index (χ4n) is 1.54. The van der Waals surface area contributed by atoms with Gasteiger partial charge in [-0.15, -0.1) is 0 Å². The normalized spacial score (nSPS) is 20.5. The summed E-state index contributed by atoms with van der Waals surface area (Å²) in [5.74, 6) is 0. The van der Waals surface area contributed by atoms with E-state index in [9.17, 15) is 0 Å². The molecule has 0 radical (unpaired) electrons. The lowest BCUT2D eigenvalue weighted by Gasteiger charge is -2.30. The molecule has 114 valence electrons. The van der Waals surface area contributed by atoms with Crippen molar-refractivity contribution >= 4 is 8.80 Å². The van der Waals surface area contributed by atoms with Crippen LogP contribution in [0.25, 0.3) is 0 Å². The number of epoxide rings is 1. The maximum Gasteiger partial charge on any atom is 0.499 e. The first-order valence-electron chi connectivity index (χ1n) is 7.32. The summed E-state index contributed by atoms with van der Waals surface area (Å²) in [6, 6.07) is 0. The van der Waals surface area contributed by atoms with Gasteiger partial charge >= 0.3 is 8.80 Å². The first kappa shape index (κ1) is 17.1. The number of hydrogen-bond donors (Lipinski definition) is 0. The summed E-state index contributed by atoms with van der Waals surface area (Å²) in [7, 11) is -2.59. The second-order valence-electron chi connectivity index (χ2n) is 4.80. The van der Waals surface area contributed by atoms with Crippen LogP contribution in [0.5, 0.6) is 0 Å². The molecule has 0 aromatic rings. The molecule has 2 unspecified atom stereocenters. The van der Waals surface area contributed by atoms with Crippen LogP contribution in [0.2, 0.25) is 6.55 Å². The summed E-state index contributed by atoms with van der Waals surface area (Å²) >= 11 is 0. The Bertz CT molecular complexity index is 227. The van der Waals surface area contributed by atoms with Crippen LogP contribution < -0.4 is 0 Å². The van der Waals surface area contributed by atoms with Crippen molar-refractivity contribution in [3.05, 3.63) is 0 Å². The van der Waals surface area contributed by atoms with Crippen LogP contribution in [0.1, 0.15) is 40.0 Å². The Balaban J connectivity index is 2.40. The van der Waals surface area contributed by atoms with E-state index in [1.54, 1.807) is 0 Å². The van der Waals surface area contributed by atoms with Gasteiger partial charge in [0.2, 0.25) is 0 Å². The van der Waals surface area contributed by atoms with Crippen LogP contribution in [0, 0.1) is 0 Å². The Morgan fingerprint density at radius 3 is 2.16 bits per heavy atom. The molecule has 0 bridgehead atoms. The van der Waals surface area contributed by atoms with Crippen LogP contribution in [-0.4, -0.2) is 47.6 Å². The van der Waals surface area contributed by atoms with Gasteiger partial charge in [0, 0.05) is 19.8 Å². The Labute approximate surface area is 117 Å². The van der Waals surface area contributed by atoms with E-state index in [2.05, 4.69) is 13.8 Å². The molecule has 0 aliphatic carbocycles. The molecule has 1 rings (SSSR count). The molecule has 6 heteroatoms. The average Bonchev–Trinajstić information content (AvgIpc) is 3.23. The largest absolute Gasteiger partial charge is 0.499 e. The van der Waals surface area contributed by atoms with Gasteiger partial charge in [0.05, 0.1) is 13.2 Å². The van der Waals surface area contributed by atoms with E-state index in [4.69, 9.17) is 22.8 Å². The molecular formula is C13H28O5Si. The maximum absolute atomic E-state index is 5.99. The smallest absolute Gasteiger partial charge is 0.374 e. The lowest BCUT2D eigenvalue weighted by molar-refractivity contribution is -0.122. The monoisotopic (exact) mass is 292 g/mol. The predicted molar refractivity (Wildman–Crippen MR) is 75.0 cm³/mol. The summed E-state index contributed by atoms with van der Waals surface area (Å²) in [6.45, 7) is 10.8. The Kier molecular flexibility index (Phi) is 8.13. The first-order chi connectivity index (χ1) is 9.13. The van der Waals surface area contributed by atoms with E-state index in [1.807, 2.05) is 13.5 Å². The van der Waals surface area contributed by atoms with Crippen molar-refractivity contribution in [1.82, 2.24) is 0 Å². The second-order valence-corrected chi connectivity index (χ2v) is 7.34. The zero-order valence-corrected chi connectivity index (χ0v) is 13.6. The minimum Gasteiger partial charge on any atom is -0.374 e. The topological polar surface area (TPSA) is 49.5 Å². The predicted octanol–water partition coefficient (Wildman–Crippen LogP) is 2.58. The van der Waals surface area contributed by atoms with Crippen molar-refractivity contribution in [3.63, 3.8) is 0 Å². The highest BCUT2D eigenvalue weighted by atomic mass is 28.4. The van der Waals surface area contributed by atoms with Crippen molar-refractivity contribution in [3.8, 4) is 0 Å². The van der Waals surface area contributed by atoms with E-state index in [1.165, 1.54) is 0 Å². The van der Waals surface area contributed by atoms with Crippen molar-refractivity contribution < 1.29 is 22.8 Å². The Hall–Kier alpha value is 0.0169. The van der Waals surface area contributed by atoms with E-state index in [0.717, 1.165) is 25.9 Å². The van der Waals surface area contributed by atoms with Crippen LogP contribution in [0.4, 0.5) is 0 Å². The van der Waals surface area contributed by atoms with Crippen LogP contribution in [-0.2, 0) is 22.8 Å². The van der Waals surface area contributed by atoms with Crippen molar-refractivity contribution in [1.29, 1.82) is 0 Å². The fraction of sp³-hybridized carbons (Fsp3) is 1.00. The summed E-state index contributed by atoms with van der Waals surface area (Å²) in [6.07, 6.45) is 2.66. The molecule has 1 heterocycles. The van der Waals surface area contributed by atoms with E-state index < -0.39 is 8.80 Å². The third-order valence-electron chi connectivity index (χ3n) is 2.69. The summed E-state index contributed by atoms with van der Waals surface area (Å²) < 4.78 is 28.5. The summed E-state index contributed by atoms with van der Waals surface area (Å²) in [5.41, 5.74) is 0. The van der Waals surface area contributed by atoms with Gasteiger partial charge in [-0.1, -0.05) is 20.8 Å². The van der Waals surface area contributed by atoms with Crippen LogP contribution >= 0.6 is 0 Å². The number of ether oxygens (including phenoxy) is 2. The molecule has 2 atom stereocenters. The Morgan fingerprint density at radius 2 is 1.74 bits per heavy atom. The molecule has 0 amide bonds. The quantitative estimate of drug-likeness (QED) is 0.314. The van der Waals surface area contributed by atoms with Gasteiger partial charge in [-0.3, -0.25) is 0 Å². The summed E-state index contributed by atoms with van der Waals surface area (Å²) in [5, 5.41) is 0. The minimum absolute atomic E-state index is 0.249. The molecule has 0 spiro atoms. The van der Waals surface area contributed by atoms with E-state index >= 15 is 0 Å². The first-order valence-corrected chi connectivity index (χ1v) is 9.54. The van der Waals surface area contributed by atoms with Gasteiger partial charge in [0.1, 0.15) is 6.10 Å². The highest BCUT2D eigenvalue weighted by molar-refractivity contribution is 6.59. The molecule has 0 N–H and O–H groups in total. The molecule has 0 aromatic heterocycles. The molecule has 5 nitrogen and oxygen atoms in total. The highest BCUT2D eigenvalue weighted by Gasteiger charge is 2.38.